The van der Waals surface area contributed by atoms with Crippen molar-refractivity contribution in [2.45, 2.75) is 19.8 Å². The maximum absolute atomic E-state index is 13.2. The number of amides is 1. The minimum absolute atomic E-state index is 0.297. The van der Waals surface area contributed by atoms with Gasteiger partial charge in [-0.2, -0.15) is 0 Å². The van der Waals surface area contributed by atoms with Crippen molar-refractivity contribution in [3.8, 4) is 5.69 Å². The summed E-state index contributed by atoms with van der Waals surface area (Å²) >= 11 is 0. The molecule has 0 fully saturated rings. The van der Waals surface area contributed by atoms with Gasteiger partial charge in [-0.3, -0.25) is 14.2 Å². The normalized spacial score (nSPS) is 10.9. The number of carboxylic acids is 1. The molecule has 0 spiro atoms. The van der Waals surface area contributed by atoms with Crippen LogP contribution in [0.4, 0.5) is 0 Å². The molecule has 162 valence electrons. The highest BCUT2D eigenvalue weighted by Crippen LogP contribution is 2.23. The third-order valence-electron chi connectivity index (χ3n) is 5.43. The molecule has 0 atom stereocenters. The number of benzene rings is 3. The lowest BCUT2D eigenvalue weighted by Gasteiger charge is -2.21. The summed E-state index contributed by atoms with van der Waals surface area (Å²) < 4.78 is 2.04. The van der Waals surface area contributed by atoms with Gasteiger partial charge in [0.25, 0.3) is 5.91 Å². The number of fused-ring (bicyclic) bond motifs is 1. The average Bonchev–Trinajstić information content (AvgIpc) is 3.13. The average molecular weight is 428 g/mol. The number of nitrogens with zero attached hydrogens (tertiary/aromatic N) is 3. The van der Waals surface area contributed by atoms with Crippen molar-refractivity contribution < 1.29 is 14.7 Å². The van der Waals surface area contributed by atoms with Gasteiger partial charge in [0.1, 0.15) is 12.4 Å². The Balaban J connectivity index is 1.56. The van der Waals surface area contributed by atoms with Crippen molar-refractivity contribution in [2.75, 3.05) is 13.1 Å². The van der Waals surface area contributed by atoms with E-state index < -0.39 is 5.97 Å². The molecule has 0 unspecified atom stereocenters. The Hall–Kier alpha value is -3.93. The topological polar surface area (TPSA) is 75.4 Å². The molecule has 0 bridgehead atoms. The fourth-order valence-corrected chi connectivity index (χ4v) is 3.95. The third kappa shape index (κ3) is 4.70. The van der Waals surface area contributed by atoms with Gasteiger partial charge in [0.2, 0.25) is 0 Å². The molecule has 0 saturated heterocycles. The Bertz CT molecular complexity index is 1230. The van der Waals surface area contributed by atoms with E-state index in [-0.39, 0.29) is 12.5 Å². The molecular formula is C26H25N3O3. The van der Waals surface area contributed by atoms with Gasteiger partial charge in [-0.1, -0.05) is 48.5 Å². The fourth-order valence-electron chi connectivity index (χ4n) is 3.95. The zero-order valence-electron chi connectivity index (χ0n) is 17.9. The lowest BCUT2D eigenvalue weighted by Crippen LogP contribution is -2.36. The van der Waals surface area contributed by atoms with Gasteiger partial charge < -0.3 is 10.0 Å². The molecule has 6 nitrogen and oxygen atoms in total. The summed E-state index contributed by atoms with van der Waals surface area (Å²) in [5.74, 6) is -0.501. The second-order valence-electron chi connectivity index (χ2n) is 7.74. The number of carbonyl (C=O) groups is 2. The number of para-hydroxylation sites is 1. The van der Waals surface area contributed by atoms with Crippen LogP contribution in [0.5, 0.6) is 0 Å². The van der Waals surface area contributed by atoms with Gasteiger partial charge in [0, 0.05) is 17.8 Å². The summed E-state index contributed by atoms with van der Waals surface area (Å²) in [5.41, 5.74) is 4.21. The van der Waals surface area contributed by atoms with E-state index in [1.807, 2.05) is 78.2 Å². The van der Waals surface area contributed by atoms with E-state index in [0.29, 0.717) is 24.0 Å². The predicted molar refractivity (Wildman–Crippen MR) is 124 cm³/mol. The van der Waals surface area contributed by atoms with E-state index in [9.17, 15) is 14.7 Å². The second-order valence-corrected chi connectivity index (χ2v) is 7.74. The third-order valence-corrected chi connectivity index (χ3v) is 5.43. The molecule has 0 aliphatic rings. The molecule has 1 heterocycles. The molecule has 6 heteroatoms. The molecule has 0 saturated carbocycles. The van der Waals surface area contributed by atoms with Gasteiger partial charge in [-0.05, 0) is 55.7 Å². The van der Waals surface area contributed by atoms with Gasteiger partial charge in [0.15, 0.2) is 0 Å². The van der Waals surface area contributed by atoms with Crippen LogP contribution in [0, 0.1) is 6.92 Å². The quantitative estimate of drug-likeness (QED) is 0.449. The number of aryl methyl sites for hydroxylation is 2. The smallest absolute Gasteiger partial charge is 0.323 e. The molecule has 3 aromatic carbocycles. The number of aliphatic carboxylic acids is 1. The minimum atomic E-state index is -1.02. The maximum Gasteiger partial charge on any atom is 0.323 e. The summed E-state index contributed by atoms with van der Waals surface area (Å²) in [7, 11) is 0. The highest BCUT2D eigenvalue weighted by atomic mass is 16.4. The standard InChI is InChI=1S/C26H25N3O3/c1-19-27-23-17-21(14-15-24(23)29(19)22-12-6-3-7-13-22)26(32)28(18-25(30)31)16-8-11-20-9-4-2-5-10-20/h2-7,9-10,12-15,17H,8,11,16,18H2,1H3,(H,30,31). The number of carbonyl (C=O) groups excluding carboxylic acids is 1. The Morgan fingerprint density at radius 1 is 0.969 bits per heavy atom. The molecule has 4 aromatic rings. The Morgan fingerprint density at radius 3 is 2.34 bits per heavy atom. The molecule has 1 N–H and O–H groups in total. The summed E-state index contributed by atoms with van der Waals surface area (Å²) in [6, 6.07) is 25.3. The summed E-state index contributed by atoms with van der Waals surface area (Å²) in [6.45, 7) is 1.97. The van der Waals surface area contributed by atoms with E-state index in [2.05, 4.69) is 4.98 Å². The number of rotatable bonds is 8. The Kier molecular flexibility index (Phi) is 6.31. The van der Waals surface area contributed by atoms with Crippen LogP contribution in [-0.2, 0) is 11.2 Å². The second kappa shape index (κ2) is 9.47. The minimum Gasteiger partial charge on any atom is -0.480 e. The molecule has 0 aliphatic heterocycles. The molecule has 1 aromatic heterocycles. The van der Waals surface area contributed by atoms with Crippen molar-refractivity contribution >= 4 is 22.9 Å². The van der Waals surface area contributed by atoms with Crippen molar-refractivity contribution in [2.24, 2.45) is 0 Å². The number of aromatic nitrogens is 2. The van der Waals surface area contributed by atoms with Crippen molar-refractivity contribution in [1.82, 2.24) is 14.5 Å². The van der Waals surface area contributed by atoms with Crippen molar-refractivity contribution in [3.05, 3.63) is 95.8 Å². The van der Waals surface area contributed by atoms with Crippen LogP contribution in [0.15, 0.2) is 78.9 Å². The SMILES string of the molecule is Cc1nc2cc(C(=O)N(CCCc3ccccc3)CC(=O)O)ccc2n1-c1ccccc1. The largest absolute Gasteiger partial charge is 0.480 e. The first-order valence-corrected chi connectivity index (χ1v) is 10.6. The van der Waals surface area contributed by atoms with Gasteiger partial charge >= 0.3 is 5.97 Å². The summed E-state index contributed by atoms with van der Waals surface area (Å²) in [6.07, 6.45) is 1.47. The van der Waals surface area contributed by atoms with Crippen molar-refractivity contribution in [1.29, 1.82) is 0 Å². The lowest BCUT2D eigenvalue weighted by atomic mass is 10.1. The highest BCUT2D eigenvalue weighted by molar-refractivity contribution is 5.98. The van der Waals surface area contributed by atoms with Crippen LogP contribution in [0.25, 0.3) is 16.7 Å². The van der Waals surface area contributed by atoms with Crippen LogP contribution >= 0.6 is 0 Å². The zero-order chi connectivity index (χ0) is 22.5. The monoisotopic (exact) mass is 427 g/mol. The summed E-state index contributed by atoms with van der Waals surface area (Å²) in [5, 5.41) is 9.32. The number of imidazole rings is 1. The first-order chi connectivity index (χ1) is 15.5. The molecule has 0 radical (unpaired) electrons. The van der Waals surface area contributed by atoms with Crippen LogP contribution in [0.3, 0.4) is 0 Å². The molecular weight excluding hydrogens is 402 g/mol. The first-order valence-electron chi connectivity index (χ1n) is 10.6. The van der Waals surface area contributed by atoms with E-state index in [4.69, 9.17) is 0 Å². The zero-order valence-corrected chi connectivity index (χ0v) is 17.9. The lowest BCUT2D eigenvalue weighted by molar-refractivity contribution is -0.137. The predicted octanol–water partition coefficient (Wildman–Crippen LogP) is 4.49. The molecule has 32 heavy (non-hydrogen) atoms. The van der Waals surface area contributed by atoms with E-state index in [0.717, 1.165) is 23.4 Å². The van der Waals surface area contributed by atoms with E-state index >= 15 is 0 Å². The number of hydrogen-bond donors (Lipinski definition) is 1. The van der Waals surface area contributed by atoms with Gasteiger partial charge in [-0.15, -0.1) is 0 Å². The Labute approximate surface area is 186 Å². The van der Waals surface area contributed by atoms with Crippen LogP contribution in [0.1, 0.15) is 28.2 Å². The van der Waals surface area contributed by atoms with Gasteiger partial charge in [-0.25, -0.2) is 4.98 Å². The van der Waals surface area contributed by atoms with E-state index in [1.54, 1.807) is 12.1 Å². The highest BCUT2D eigenvalue weighted by Gasteiger charge is 2.20. The molecule has 4 rings (SSSR count). The Morgan fingerprint density at radius 2 is 1.66 bits per heavy atom. The number of hydrogen-bond acceptors (Lipinski definition) is 3. The fraction of sp³-hybridized carbons (Fsp3) is 0.192. The van der Waals surface area contributed by atoms with Crippen LogP contribution < -0.4 is 0 Å². The van der Waals surface area contributed by atoms with E-state index in [1.165, 1.54) is 10.5 Å². The van der Waals surface area contributed by atoms with Crippen molar-refractivity contribution in [3.63, 3.8) is 0 Å². The molecule has 0 aliphatic carbocycles. The molecule has 1 amide bonds. The van der Waals surface area contributed by atoms with Gasteiger partial charge in [0.05, 0.1) is 11.0 Å². The first kappa shape index (κ1) is 21.3. The van der Waals surface area contributed by atoms with Crippen LogP contribution in [-0.4, -0.2) is 44.5 Å². The van der Waals surface area contributed by atoms with Crippen LogP contribution in [0.2, 0.25) is 0 Å². The number of carboxylic acid groups (broad SMARTS) is 1. The maximum atomic E-state index is 13.2. The summed E-state index contributed by atoms with van der Waals surface area (Å²) in [4.78, 5) is 30.6.